The number of hydrogen-bond acceptors (Lipinski definition) is 4. The van der Waals surface area contributed by atoms with Crippen LogP contribution < -0.4 is 4.74 Å². The molecule has 1 aromatic heterocycles. The summed E-state index contributed by atoms with van der Waals surface area (Å²) in [5.74, 6) is 0.627. The molecule has 0 bridgehead atoms. The van der Waals surface area contributed by atoms with Gasteiger partial charge in [0.05, 0.1) is 12.9 Å². The predicted octanol–water partition coefficient (Wildman–Crippen LogP) is 1.49. The Bertz CT molecular complexity index is 419. The second-order valence-corrected chi connectivity index (χ2v) is 5.31. The van der Waals surface area contributed by atoms with Crippen molar-refractivity contribution in [2.45, 2.75) is 11.4 Å². The third-order valence-corrected chi connectivity index (χ3v) is 3.73. The van der Waals surface area contributed by atoms with Crippen LogP contribution in [0, 0.1) is 0 Å². The monoisotopic (exact) mass is 249 g/mol. The Morgan fingerprint density at radius 1 is 1.47 bits per heavy atom. The molecule has 0 aliphatic rings. The lowest BCUT2D eigenvalue weighted by Crippen LogP contribution is -2.09. The Hall–Kier alpha value is -0.810. The molecule has 0 amide bonds. The lowest BCUT2D eigenvalue weighted by Gasteiger charge is -2.03. The number of halogens is 1. The molecule has 0 fully saturated rings. The van der Waals surface area contributed by atoms with Crippen molar-refractivity contribution in [2.75, 3.05) is 18.7 Å². The second kappa shape index (κ2) is 5.32. The minimum atomic E-state index is -3.33. The van der Waals surface area contributed by atoms with Crippen LogP contribution in [0.3, 0.4) is 0 Å². The lowest BCUT2D eigenvalue weighted by molar-refractivity contribution is 0.393. The Labute approximate surface area is 94.2 Å². The smallest absolute Gasteiger partial charge is 0.214 e. The fourth-order valence-electron chi connectivity index (χ4n) is 1.03. The molecule has 0 N–H and O–H groups in total. The van der Waals surface area contributed by atoms with Gasteiger partial charge in [-0.3, -0.25) is 0 Å². The van der Waals surface area contributed by atoms with E-state index in [9.17, 15) is 8.42 Å². The Balaban J connectivity index is 2.94. The standard InChI is InChI=1S/C9H12ClNO3S/c1-14-8-4-2-5-9(11-8)15(12,13)7-3-6-10/h2,4-5H,3,6-7H2,1H3. The highest BCUT2D eigenvalue weighted by molar-refractivity contribution is 7.91. The first-order valence-corrected chi connectivity index (χ1v) is 6.58. The summed E-state index contributed by atoms with van der Waals surface area (Å²) >= 11 is 5.44. The molecule has 0 saturated carbocycles. The molecule has 6 heteroatoms. The van der Waals surface area contributed by atoms with Gasteiger partial charge in [0.2, 0.25) is 5.88 Å². The van der Waals surface area contributed by atoms with Gasteiger partial charge in [0.1, 0.15) is 0 Å². The summed E-state index contributed by atoms with van der Waals surface area (Å²) in [5.41, 5.74) is 0. The topological polar surface area (TPSA) is 56.3 Å². The van der Waals surface area contributed by atoms with Crippen molar-refractivity contribution in [3.05, 3.63) is 18.2 Å². The Morgan fingerprint density at radius 3 is 2.80 bits per heavy atom. The summed E-state index contributed by atoms with van der Waals surface area (Å²) in [5, 5.41) is 0.0342. The molecular weight excluding hydrogens is 238 g/mol. The van der Waals surface area contributed by atoms with Crippen LogP contribution in [0.1, 0.15) is 6.42 Å². The van der Waals surface area contributed by atoms with E-state index in [4.69, 9.17) is 16.3 Å². The van der Waals surface area contributed by atoms with Crippen LogP contribution in [0.4, 0.5) is 0 Å². The van der Waals surface area contributed by atoms with Crippen LogP contribution in [0.25, 0.3) is 0 Å². The first-order valence-electron chi connectivity index (χ1n) is 4.40. The van der Waals surface area contributed by atoms with Crippen molar-refractivity contribution in [1.82, 2.24) is 4.98 Å². The van der Waals surface area contributed by atoms with Crippen molar-refractivity contribution in [1.29, 1.82) is 0 Å². The van der Waals surface area contributed by atoms with Gasteiger partial charge in [-0.25, -0.2) is 13.4 Å². The predicted molar refractivity (Wildman–Crippen MR) is 58.2 cm³/mol. The van der Waals surface area contributed by atoms with Gasteiger partial charge in [-0.1, -0.05) is 6.07 Å². The minimum Gasteiger partial charge on any atom is -0.481 e. The van der Waals surface area contributed by atoms with Gasteiger partial charge in [-0.05, 0) is 12.5 Å². The molecule has 1 rings (SSSR count). The number of nitrogens with zero attached hydrogens (tertiary/aromatic N) is 1. The minimum absolute atomic E-state index is 0.0106. The van der Waals surface area contributed by atoms with Gasteiger partial charge in [0.25, 0.3) is 0 Å². The number of ether oxygens (including phenoxy) is 1. The average molecular weight is 250 g/mol. The Morgan fingerprint density at radius 2 is 2.20 bits per heavy atom. The highest BCUT2D eigenvalue weighted by Gasteiger charge is 2.15. The molecule has 0 atom stereocenters. The highest BCUT2D eigenvalue weighted by atomic mass is 35.5. The normalized spacial score (nSPS) is 11.3. The zero-order valence-electron chi connectivity index (χ0n) is 8.31. The summed E-state index contributed by atoms with van der Waals surface area (Å²) in [6.07, 6.45) is 0.419. The van der Waals surface area contributed by atoms with Crippen LogP contribution in [-0.2, 0) is 9.84 Å². The molecule has 4 nitrogen and oxygen atoms in total. The maximum absolute atomic E-state index is 11.7. The van der Waals surface area contributed by atoms with Crippen molar-refractivity contribution >= 4 is 21.4 Å². The number of rotatable bonds is 5. The quantitative estimate of drug-likeness (QED) is 0.742. The molecule has 0 radical (unpaired) electrons. The maximum Gasteiger partial charge on any atom is 0.214 e. The largest absolute Gasteiger partial charge is 0.481 e. The molecule has 0 saturated heterocycles. The number of hydrogen-bond donors (Lipinski definition) is 0. The molecular formula is C9H12ClNO3S. The first kappa shape index (κ1) is 12.3. The van der Waals surface area contributed by atoms with Crippen LogP contribution in [-0.4, -0.2) is 32.1 Å². The van der Waals surface area contributed by atoms with E-state index >= 15 is 0 Å². The third kappa shape index (κ3) is 3.35. The van der Waals surface area contributed by atoms with E-state index in [-0.39, 0.29) is 10.8 Å². The molecule has 1 aromatic rings. The van der Waals surface area contributed by atoms with Crippen LogP contribution in [0.5, 0.6) is 5.88 Å². The van der Waals surface area contributed by atoms with Gasteiger partial charge >= 0.3 is 0 Å². The van der Waals surface area contributed by atoms with Crippen molar-refractivity contribution < 1.29 is 13.2 Å². The number of aromatic nitrogens is 1. The molecule has 0 aromatic carbocycles. The summed E-state index contributed by atoms with van der Waals surface area (Å²) in [6.45, 7) is 0. The second-order valence-electron chi connectivity index (χ2n) is 2.88. The van der Waals surface area contributed by atoms with Gasteiger partial charge in [-0.15, -0.1) is 11.6 Å². The Kier molecular flexibility index (Phi) is 4.35. The van der Waals surface area contributed by atoms with Gasteiger partial charge in [-0.2, -0.15) is 0 Å². The highest BCUT2D eigenvalue weighted by Crippen LogP contribution is 2.13. The third-order valence-electron chi connectivity index (χ3n) is 1.77. The molecule has 0 aliphatic heterocycles. The van der Waals surface area contributed by atoms with Gasteiger partial charge in [0, 0.05) is 11.9 Å². The average Bonchev–Trinajstić information content (AvgIpc) is 2.26. The fraction of sp³-hybridized carbons (Fsp3) is 0.444. The molecule has 1 heterocycles. The summed E-state index contributed by atoms with van der Waals surface area (Å²) < 4.78 is 28.2. The van der Waals surface area contributed by atoms with Crippen molar-refractivity contribution in [3.8, 4) is 5.88 Å². The number of pyridine rings is 1. The van der Waals surface area contributed by atoms with E-state index in [1.807, 2.05) is 0 Å². The lowest BCUT2D eigenvalue weighted by atomic mass is 10.5. The molecule has 15 heavy (non-hydrogen) atoms. The van der Waals surface area contributed by atoms with E-state index in [1.165, 1.54) is 13.2 Å². The maximum atomic E-state index is 11.7. The number of alkyl halides is 1. The van der Waals surface area contributed by atoms with E-state index in [0.29, 0.717) is 18.2 Å². The van der Waals surface area contributed by atoms with Crippen molar-refractivity contribution in [3.63, 3.8) is 0 Å². The summed E-state index contributed by atoms with van der Waals surface area (Å²) in [6, 6.07) is 4.64. The summed E-state index contributed by atoms with van der Waals surface area (Å²) in [7, 11) is -1.89. The van der Waals surface area contributed by atoms with E-state index in [0.717, 1.165) is 0 Å². The number of sulfone groups is 1. The molecule has 0 aliphatic carbocycles. The number of methoxy groups -OCH3 is 1. The van der Waals surface area contributed by atoms with E-state index in [2.05, 4.69) is 4.98 Å². The fourth-order valence-corrected chi connectivity index (χ4v) is 2.57. The van der Waals surface area contributed by atoms with E-state index in [1.54, 1.807) is 12.1 Å². The molecule has 84 valence electrons. The zero-order chi connectivity index (χ0) is 11.3. The van der Waals surface area contributed by atoms with Crippen molar-refractivity contribution in [2.24, 2.45) is 0 Å². The SMILES string of the molecule is COc1cccc(S(=O)(=O)CCCCl)n1. The first-order chi connectivity index (χ1) is 7.10. The zero-order valence-corrected chi connectivity index (χ0v) is 9.88. The van der Waals surface area contributed by atoms with Crippen LogP contribution in [0.2, 0.25) is 0 Å². The summed E-state index contributed by atoms with van der Waals surface area (Å²) in [4.78, 5) is 3.86. The van der Waals surface area contributed by atoms with E-state index < -0.39 is 9.84 Å². The van der Waals surface area contributed by atoms with Gasteiger partial charge < -0.3 is 4.74 Å². The van der Waals surface area contributed by atoms with Gasteiger partial charge in [0.15, 0.2) is 14.9 Å². The van der Waals surface area contributed by atoms with Crippen LogP contribution >= 0.6 is 11.6 Å². The molecule has 0 spiro atoms. The molecule has 0 unspecified atom stereocenters. The van der Waals surface area contributed by atoms with Crippen LogP contribution in [0.15, 0.2) is 23.2 Å².